The summed E-state index contributed by atoms with van der Waals surface area (Å²) in [7, 11) is 0. The third-order valence-corrected chi connectivity index (χ3v) is 2.83. The van der Waals surface area contributed by atoms with Gasteiger partial charge >= 0.3 is 5.97 Å². The largest absolute Gasteiger partial charge is 0.477 e. The summed E-state index contributed by atoms with van der Waals surface area (Å²) < 4.78 is 1.67. The molecule has 0 aliphatic carbocycles. The molecule has 0 atom stereocenters. The van der Waals surface area contributed by atoms with Gasteiger partial charge in [0.1, 0.15) is 0 Å². The van der Waals surface area contributed by atoms with Crippen molar-refractivity contribution in [3.8, 4) is 0 Å². The number of pyridine rings is 1. The van der Waals surface area contributed by atoms with Crippen LogP contribution in [0.15, 0.2) is 17.3 Å². The fourth-order valence-electron chi connectivity index (χ4n) is 1.44. The van der Waals surface area contributed by atoms with E-state index in [1.807, 2.05) is 26.2 Å². The maximum Gasteiger partial charge on any atom is 0.370 e. The fraction of sp³-hybridized carbons (Fsp3) is 0.300. The van der Waals surface area contributed by atoms with Crippen LogP contribution in [0.5, 0.6) is 0 Å². The molecule has 1 aromatic heterocycles. The average molecular weight is 211 g/mol. The predicted molar refractivity (Wildman–Crippen MR) is 55.0 cm³/mol. The first-order chi connectivity index (χ1) is 6.54. The zero-order valence-corrected chi connectivity index (χ0v) is 9.10. The number of hydrogen-bond acceptors (Lipinski definition) is 2. The van der Waals surface area contributed by atoms with Gasteiger partial charge in [-0.2, -0.15) is 4.57 Å². The highest BCUT2D eigenvalue weighted by atomic mass is 32.2. The second kappa shape index (κ2) is 4.46. The van der Waals surface area contributed by atoms with Gasteiger partial charge in [0.05, 0.1) is 0 Å². The summed E-state index contributed by atoms with van der Waals surface area (Å²) in [5.41, 5.74) is 2.12. The summed E-state index contributed by atoms with van der Waals surface area (Å²) >= 11 is 1.44. The van der Waals surface area contributed by atoms with Gasteiger partial charge in [0.2, 0.25) is 6.54 Å². The van der Waals surface area contributed by atoms with Crippen LogP contribution in [0.4, 0.5) is 0 Å². The van der Waals surface area contributed by atoms with E-state index >= 15 is 0 Å². The Morgan fingerprint density at radius 3 is 2.36 bits per heavy atom. The molecule has 75 valence electrons. The van der Waals surface area contributed by atoms with E-state index in [0.29, 0.717) is 0 Å². The highest BCUT2D eigenvalue weighted by molar-refractivity contribution is 8.00. The summed E-state index contributed by atoms with van der Waals surface area (Å²) in [4.78, 5) is 11.6. The van der Waals surface area contributed by atoms with E-state index in [4.69, 9.17) is 5.11 Å². The van der Waals surface area contributed by atoms with Crippen molar-refractivity contribution < 1.29 is 14.5 Å². The number of nitrogens with zero attached hydrogens (tertiary/aromatic N) is 1. The smallest absolute Gasteiger partial charge is 0.370 e. The van der Waals surface area contributed by atoms with E-state index in [2.05, 4.69) is 6.26 Å². The van der Waals surface area contributed by atoms with Crippen molar-refractivity contribution in [1.82, 2.24) is 0 Å². The average Bonchev–Trinajstić information content (AvgIpc) is 2.01. The monoisotopic (exact) mass is 211 g/mol. The Hall–Kier alpha value is -1.03. The molecule has 0 aliphatic rings. The quantitative estimate of drug-likeness (QED) is 0.609. The van der Waals surface area contributed by atoms with Crippen LogP contribution in [-0.2, 0) is 11.3 Å². The molecular formula is C10H13NO2S+. The third kappa shape index (κ3) is 2.48. The van der Waals surface area contributed by atoms with E-state index in [1.165, 1.54) is 11.8 Å². The highest BCUT2D eigenvalue weighted by Crippen LogP contribution is 2.22. The Bertz CT molecular complexity index is 340. The molecule has 1 N–H and O–H groups in total. The molecule has 1 aromatic rings. The Morgan fingerprint density at radius 1 is 1.50 bits per heavy atom. The van der Waals surface area contributed by atoms with Crippen LogP contribution >= 0.6 is 11.8 Å². The first kappa shape index (κ1) is 11.0. The summed E-state index contributed by atoms with van der Waals surface area (Å²) in [5, 5.41) is 8.64. The van der Waals surface area contributed by atoms with Crippen molar-refractivity contribution in [2.75, 3.05) is 0 Å². The highest BCUT2D eigenvalue weighted by Gasteiger charge is 2.12. The Labute approximate surface area is 87.8 Å². The SMILES string of the molecule is [CH2]Sc1c(C)c[n+](CC(=O)O)cc1C. The number of aromatic nitrogens is 1. The lowest BCUT2D eigenvalue weighted by Crippen LogP contribution is -2.38. The second-order valence-corrected chi connectivity index (χ2v) is 3.86. The van der Waals surface area contributed by atoms with Crippen molar-refractivity contribution in [2.24, 2.45) is 0 Å². The van der Waals surface area contributed by atoms with Gasteiger partial charge in [0.25, 0.3) is 0 Å². The van der Waals surface area contributed by atoms with Crippen molar-refractivity contribution in [3.63, 3.8) is 0 Å². The molecule has 4 heteroatoms. The number of thioether (sulfide) groups is 1. The second-order valence-electron chi connectivity index (χ2n) is 3.16. The van der Waals surface area contributed by atoms with Gasteiger partial charge in [-0.15, -0.1) is 11.8 Å². The van der Waals surface area contributed by atoms with E-state index in [9.17, 15) is 4.79 Å². The maximum absolute atomic E-state index is 10.5. The van der Waals surface area contributed by atoms with Crippen LogP contribution in [0.25, 0.3) is 0 Å². The maximum atomic E-state index is 10.5. The van der Waals surface area contributed by atoms with E-state index in [-0.39, 0.29) is 6.54 Å². The summed E-state index contributed by atoms with van der Waals surface area (Å²) in [6.45, 7) is 3.92. The molecule has 14 heavy (non-hydrogen) atoms. The Morgan fingerprint density at radius 2 is 2.00 bits per heavy atom. The van der Waals surface area contributed by atoms with Gasteiger partial charge in [-0.25, -0.2) is 4.79 Å². The van der Waals surface area contributed by atoms with Gasteiger partial charge in [-0.1, -0.05) is 0 Å². The number of carbonyl (C=O) groups is 1. The number of carboxylic acid groups (broad SMARTS) is 1. The molecule has 1 rings (SSSR count). The summed E-state index contributed by atoms with van der Waals surface area (Å²) in [6.07, 6.45) is 7.42. The topological polar surface area (TPSA) is 41.2 Å². The molecule has 3 nitrogen and oxygen atoms in total. The van der Waals surface area contributed by atoms with E-state index < -0.39 is 5.97 Å². The van der Waals surface area contributed by atoms with Crippen LogP contribution in [0.3, 0.4) is 0 Å². The molecule has 1 radical (unpaired) electrons. The standard InChI is InChI=1S/C10H12NO2S/c1-7-4-11(6-9(12)13)5-8(2)10(7)14-3/h4-5H,3,6H2,1-2H3/p+1. The van der Waals surface area contributed by atoms with E-state index in [1.54, 1.807) is 4.57 Å². The first-order valence-electron chi connectivity index (χ1n) is 4.18. The van der Waals surface area contributed by atoms with Gasteiger partial charge in [-0.05, 0) is 13.8 Å². The number of aryl methyl sites for hydroxylation is 2. The lowest BCUT2D eigenvalue weighted by molar-refractivity contribution is -0.686. The molecule has 0 spiro atoms. The lowest BCUT2D eigenvalue weighted by Gasteiger charge is -2.04. The molecule has 0 aliphatic heterocycles. The first-order valence-corrected chi connectivity index (χ1v) is 5.17. The van der Waals surface area contributed by atoms with E-state index in [0.717, 1.165) is 16.0 Å². The number of rotatable bonds is 3. The van der Waals surface area contributed by atoms with Gasteiger partial charge in [-0.3, -0.25) is 0 Å². The van der Waals surface area contributed by atoms with Crippen molar-refractivity contribution >= 4 is 17.7 Å². The third-order valence-electron chi connectivity index (χ3n) is 1.90. The molecule has 0 aromatic carbocycles. The molecule has 0 amide bonds. The molecule has 0 fully saturated rings. The van der Waals surface area contributed by atoms with Crippen LogP contribution in [0, 0.1) is 20.1 Å². The number of aliphatic carboxylic acids is 1. The predicted octanol–water partition coefficient (Wildman–Crippen LogP) is 1.56. The minimum Gasteiger partial charge on any atom is -0.477 e. The molecular weight excluding hydrogens is 198 g/mol. The molecule has 0 unspecified atom stereocenters. The van der Waals surface area contributed by atoms with Crippen LogP contribution < -0.4 is 4.57 Å². The minimum atomic E-state index is -0.830. The molecule has 0 bridgehead atoms. The Balaban J connectivity index is 3.07. The van der Waals surface area contributed by atoms with Crippen LogP contribution in [0.2, 0.25) is 0 Å². The van der Waals surface area contributed by atoms with Crippen molar-refractivity contribution in [3.05, 3.63) is 29.8 Å². The molecule has 0 saturated carbocycles. The van der Waals surface area contributed by atoms with Gasteiger partial charge in [0.15, 0.2) is 12.4 Å². The summed E-state index contributed by atoms with van der Waals surface area (Å²) in [6, 6.07) is 0. The van der Waals surface area contributed by atoms with Crippen LogP contribution in [-0.4, -0.2) is 11.1 Å². The van der Waals surface area contributed by atoms with Crippen molar-refractivity contribution in [2.45, 2.75) is 25.3 Å². The molecule has 0 saturated heterocycles. The summed E-state index contributed by atoms with van der Waals surface area (Å²) in [5.74, 6) is -0.830. The Kier molecular flexibility index (Phi) is 3.52. The van der Waals surface area contributed by atoms with Crippen molar-refractivity contribution in [1.29, 1.82) is 0 Å². The number of carboxylic acids is 1. The fourth-order valence-corrected chi connectivity index (χ4v) is 2.00. The minimum absolute atomic E-state index is 0.00374. The number of hydrogen-bond donors (Lipinski definition) is 1. The zero-order valence-electron chi connectivity index (χ0n) is 8.28. The normalized spacial score (nSPS) is 10.2. The van der Waals surface area contributed by atoms with Gasteiger partial charge < -0.3 is 5.11 Å². The zero-order chi connectivity index (χ0) is 10.7. The lowest BCUT2D eigenvalue weighted by atomic mass is 10.2. The van der Waals surface area contributed by atoms with Gasteiger partial charge in [0, 0.05) is 22.3 Å². The van der Waals surface area contributed by atoms with Crippen LogP contribution in [0.1, 0.15) is 11.1 Å². The molecule has 1 heterocycles.